The quantitative estimate of drug-likeness (QED) is 0.817. The van der Waals surface area contributed by atoms with Gasteiger partial charge in [-0.1, -0.05) is 47.6 Å². The Morgan fingerprint density at radius 3 is 1.81 bits per heavy atom. The third kappa shape index (κ3) is 5.41. The summed E-state index contributed by atoms with van der Waals surface area (Å²) in [5.41, 5.74) is 0.198. The molecule has 0 spiro atoms. The molecule has 0 aliphatic rings. The molecule has 116 valence electrons. The lowest BCUT2D eigenvalue weighted by molar-refractivity contribution is -0.128. The average molecular weight is 289 g/mol. The van der Waals surface area contributed by atoms with Gasteiger partial charge in [-0.15, -0.1) is 0 Å². The topological polar surface area (TPSA) is 47.0 Å². The van der Waals surface area contributed by atoms with Crippen LogP contribution >= 0.6 is 0 Å². The lowest BCUT2D eigenvalue weighted by Crippen LogP contribution is -2.26. The molecular formula is C18H27NO2. The Kier molecular flexibility index (Phi) is 5.43. The molecule has 0 bridgehead atoms. The number of pyridine rings is 1. The summed E-state index contributed by atoms with van der Waals surface area (Å²) in [6.45, 7) is 11.5. The first-order chi connectivity index (χ1) is 9.51. The molecule has 1 aromatic rings. The van der Waals surface area contributed by atoms with E-state index in [0.29, 0.717) is 12.8 Å². The van der Waals surface area contributed by atoms with E-state index in [9.17, 15) is 9.59 Å². The molecule has 3 heteroatoms. The van der Waals surface area contributed by atoms with Crippen LogP contribution in [0.15, 0.2) is 24.5 Å². The van der Waals surface area contributed by atoms with Crippen molar-refractivity contribution >= 4 is 11.6 Å². The van der Waals surface area contributed by atoms with Crippen LogP contribution in [0.1, 0.15) is 65.9 Å². The van der Waals surface area contributed by atoms with Crippen LogP contribution in [-0.4, -0.2) is 16.6 Å². The molecule has 0 fully saturated rings. The van der Waals surface area contributed by atoms with Gasteiger partial charge in [0.05, 0.1) is 0 Å². The molecule has 0 aliphatic heterocycles. The number of Topliss-reactive ketones (excluding diaryl/α,β-unsaturated/α-hetero) is 2. The van der Waals surface area contributed by atoms with Crippen LogP contribution in [0.5, 0.6) is 0 Å². The van der Waals surface area contributed by atoms with Crippen molar-refractivity contribution in [2.45, 2.75) is 60.3 Å². The Bertz CT molecular complexity index is 464. The fraction of sp³-hybridized carbons (Fsp3) is 0.611. The molecule has 1 aromatic heterocycles. The van der Waals surface area contributed by atoms with E-state index < -0.39 is 0 Å². The van der Waals surface area contributed by atoms with Crippen molar-refractivity contribution in [3.63, 3.8) is 0 Å². The largest absolute Gasteiger partial charge is 0.299 e. The maximum absolute atomic E-state index is 12.3. The molecule has 0 radical (unpaired) electrons. The van der Waals surface area contributed by atoms with Gasteiger partial charge in [0.2, 0.25) is 0 Å². The minimum atomic E-state index is -0.384. The molecule has 0 aromatic carbocycles. The second-order valence-corrected chi connectivity index (χ2v) is 7.74. The van der Waals surface area contributed by atoms with Gasteiger partial charge in [-0.05, 0) is 17.5 Å². The minimum Gasteiger partial charge on any atom is -0.299 e. The summed E-state index contributed by atoms with van der Waals surface area (Å²) in [5.74, 6) is 0.272. The highest BCUT2D eigenvalue weighted by molar-refractivity contribution is 5.87. The number of hydrogen-bond acceptors (Lipinski definition) is 3. The van der Waals surface area contributed by atoms with Crippen LogP contribution in [0.2, 0.25) is 0 Å². The zero-order chi connectivity index (χ0) is 16.3. The Morgan fingerprint density at radius 2 is 1.48 bits per heavy atom. The van der Waals surface area contributed by atoms with Crippen LogP contribution in [0.4, 0.5) is 0 Å². The second-order valence-electron chi connectivity index (χ2n) is 7.74. The fourth-order valence-corrected chi connectivity index (χ4v) is 1.99. The van der Waals surface area contributed by atoms with Crippen molar-refractivity contribution in [3.8, 4) is 0 Å². The molecule has 1 heterocycles. The van der Waals surface area contributed by atoms with Gasteiger partial charge in [0, 0.05) is 36.1 Å². The number of carbonyl (C=O) groups excluding carboxylic acids is 2. The fourth-order valence-electron chi connectivity index (χ4n) is 1.99. The third-order valence-corrected chi connectivity index (χ3v) is 3.69. The Balaban J connectivity index is 2.97. The highest BCUT2D eigenvalue weighted by Crippen LogP contribution is 2.31. The summed E-state index contributed by atoms with van der Waals surface area (Å²) in [5, 5.41) is 0. The van der Waals surface area contributed by atoms with Crippen LogP contribution < -0.4 is 0 Å². The van der Waals surface area contributed by atoms with E-state index in [-0.39, 0.29) is 28.3 Å². The number of hydrogen-bond donors (Lipinski definition) is 0. The monoisotopic (exact) mass is 289 g/mol. The number of carbonyl (C=O) groups is 2. The van der Waals surface area contributed by atoms with E-state index in [2.05, 4.69) is 4.98 Å². The SMILES string of the molecule is CC(C)(C)C(=O)CC(CC(=O)C(C)(C)C)c1cccnc1. The van der Waals surface area contributed by atoms with Crippen molar-refractivity contribution in [3.05, 3.63) is 30.1 Å². The number of nitrogens with zero attached hydrogens (tertiary/aromatic N) is 1. The first-order valence-electron chi connectivity index (χ1n) is 7.48. The van der Waals surface area contributed by atoms with Gasteiger partial charge in [-0.2, -0.15) is 0 Å². The molecule has 0 saturated carbocycles. The Labute approximate surface area is 128 Å². The lowest BCUT2D eigenvalue weighted by atomic mass is 9.78. The maximum atomic E-state index is 12.3. The van der Waals surface area contributed by atoms with Crippen molar-refractivity contribution in [2.24, 2.45) is 10.8 Å². The van der Waals surface area contributed by atoms with Crippen molar-refractivity contribution in [2.75, 3.05) is 0 Å². The normalized spacial score (nSPS) is 12.5. The third-order valence-electron chi connectivity index (χ3n) is 3.69. The molecular weight excluding hydrogens is 262 g/mol. The van der Waals surface area contributed by atoms with E-state index in [1.54, 1.807) is 12.4 Å². The van der Waals surface area contributed by atoms with E-state index in [1.165, 1.54) is 0 Å². The first-order valence-corrected chi connectivity index (χ1v) is 7.48. The zero-order valence-corrected chi connectivity index (χ0v) is 14.1. The molecule has 21 heavy (non-hydrogen) atoms. The maximum Gasteiger partial charge on any atom is 0.138 e. The molecule has 0 amide bonds. The van der Waals surface area contributed by atoms with E-state index in [0.717, 1.165) is 5.56 Å². The van der Waals surface area contributed by atoms with Crippen LogP contribution in [0, 0.1) is 10.8 Å². The molecule has 0 saturated heterocycles. The minimum absolute atomic E-state index is 0.0860. The van der Waals surface area contributed by atoms with Gasteiger partial charge in [0.15, 0.2) is 0 Å². The smallest absolute Gasteiger partial charge is 0.138 e. The van der Waals surface area contributed by atoms with Gasteiger partial charge in [-0.3, -0.25) is 14.6 Å². The highest BCUT2D eigenvalue weighted by Gasteiger charge is 2.30. The summed E-state index contributed by atoms with van der Waals surface area (Å²) in [4.78, 5) is 28.8. The van der Waals surface area contributed by atoms with Crippen molar-refractivity contribution in [1.82, 2.24) is 4.98 Å². The molecule has 1 rings (SSSR count). The summed E-state index contributed by atoms with van der Waals surface area (Å²) in [6.07, 6.45) is 4.24. The van der Waals surface area contributed by atoms with E-state index in [1.807, 2.05) is 53.7 Å². The molecule has 0 unspecified atom stereocenters. The summed E-state index contributed by atoms with van der Waals surface area (Å²) < 4.78 is 0. The highest BCUT2D eigenvalue weighted by atomic mass is 16.1. The van der Waals surface area contributed by atoms with Crippen LogP contribution in [0.25, 0.3) is 0 Å². The predicted octanol–water partition coefficient (Wildman–Crippen LogP) is 4.18. The van der Waals surface area contributed by atoms with Gasteiger partial charge < -0.3 is 0 Å². The average Bonchev–Trinajstić information content (AvgIpc) is 2.36. The molecule has 0 atom stereocenters. The predicted molar refractivity (Wildman–Crippen MR) is 85.1 cm³/mol. The number of rotatable bonds is 5. The summed E-state index contributed by atoms with van der Waals surface area (Å²) in [7, 11) is 0. The summed E-state index contributed by atoms with van der Waals surface area (Å²) in [6, 6.07) is 3.80. The van der Waals surface area contributed by atoms with Gasteiger partial charge >= 0.3 is 0 Å². The zero-order valence-electron chi connectivity index (χ0n) is 14.1. The Hall–Kier alpha value is -1.51. The lowest BCUT2D eigenvalue weighted by Gasteiger charge is -2.24. The van der Waals surface area contributed by atoms with Gasteiger partial charge in [-0.25, -0.2) is 0 Å². The standard InChI is InChI=1S/C18H27NO2/c1-17(2,3)15(20)10-14(11-16(21)18(4,5)6)13-8-7-9-19-12-13/h7-9,12,14H,10-11H2,1-6H3. The first kappa shape index (κ1) is 17.5. The van der Waals surface area contributed by atoms with Crippen LogP contribution in [0.3, 0.4) is 0 Å². The summed E-state index contributed by atoms with van der Waals surface area (Å²) >= 11 is 0. The van der Waals surface area contributed by atoms with Crippen molar-refractivity contribution in [1.29, 1.82) is 0 Å². The van der Waals surface area contributed by atoms with Crippen LogP contribution in [-0.2, 0) is 9.59 Å². The molecule has 0 aliphatic carbocycles. The Morgan fingerprint density at radius 1 is 1.00 bits per heavy atom. The van der Waals surface area contributed by atoms with Crippen molar-refractivity contribution < 1.29 is 9.59 Å². The molecule has 3 nitrogen and oxygen atoms in total. The van der Waals surface area contributed by atoms with E-state index >= 15 is 0 Å². The number of aromatic nitrogens is 1. The van der Waals surface area contributed by atoms with Gasteiger partial charge in [0.1, 0.15) is 11.6 Å². The number of ketones is 2. The molecule has 0 N–H and O–H groups in total. The van der Waals surface area contributed by atoms with Gasteiger partial charge in [0.25, 0.3) is 0 Å². The second kappa shape index (κ2) is 6.50. The van der Waals surface area contributed by atoms with E-state index in [4.69, 9.17) is 0 Å².